The van der Waals surface area contributed by atoms with Gasteiger partial charge in [0, 0.05) is 6.08 Å². The van der Waals surface area contributed by atoms with Crippen molar-refractivity contribution in [3.05, 3.63) is 34.3 Å². The molecule has 0 aliphatic heterocycles. The van der Waals surface area contributed by atoms with E-state index in [9.17, 15) is 4.79 Å². The normalized spacial score (nSPS) is 12.7. The maximum Gasteiger partial charge on any atom is 0.328 e. The average Bonchev–Trinajstić information content (AvgIpc) is 2.28. The van der Waals surface area contributed by atoms with Crippen molar-refractivity contribution in [1.29, 1.82) is 0 Å². The second kappa shape index (κ2) is 6.14. The van der Waals surface area contributed by atoms with E-state index in [2.05, 4.69) is 49.8 Å². The van der Waals surface area contributed by atoms with Crippen molar-refractivity contribution in [2.45, 2.75) is 38.9 Å². The zero-order valence-corrected chi connectivity index (χ0v) is 15.1. The fraction of sp³-hybridized carbons (Fsp3) is 0.400. The van der Waals surface area contributed by atoms with Crippen molar-refractivity contribution in [1.82, 2.24) is 0 Å². The molecule has 5 heteroatoms. The van der Waals surface area contributed by atoms with Crippen LogP contribution in [-0.2, 0) is 4.79 Å². The zero-order valence-electron chi connectivity index (χ0n) is 12.5. The van der Waals surface area contributed by atoms with Gasteiger partial charge in [-0.3, -0.25) is 0 Å². The Hall–Kier alpha value is -1.07. The SMILES string of the molecule is CC(C)(C)[Si](C)(C)Oc1ccc(C=CC(=O)O)cc1Br. The lowest BCUT2D eigenvalue weighted by atomic mass is 10.2. The molecule has 1 aromatic rings. The number of rotatable bonds is 4. The molecule has 0 atom stereocenters. The Labute approximate surface area is 129 Å². The highest BCUT2D eigenvalue weighted by molar-refractivity contribution is 9.10. The van der Waals surface area contributed by atoms with E-state index in [0.29, 0.717) is 0 Å². The van der Waals surface area contributed by atoms with Gasteiger partial charge in [0.05, 0.1) is 4.47 Å². The molecule has 3 nitrogen and oxygen atoms in total. The third-order valence-corrected chi connectivity index (χ3v) is 8.51. The van der Waals surface area contributed by atoms with Crippen molar-refractivity contribution < 1.29 is 14.3 Å². The maximum absolute atomic E-state index is 10.5. The molecule has 0 spiro atoms. The number of hydrogen-bond acceptors (Lipinski definition) is 2. The quantitative estimate of drug-likeness (QED) is 0.614. The van der Waals surface area contributed by atoms with Gasteiger partial charge in [0.1, 0.15) is 5.75 Å². The number of carbonyl (C=O) groups is 1. The summed E-state index contributed by atoms with van der Waals surface area (Å²) in [7, 11) is -1.87. The summed E-state index contributed by atoms with van der Waals surface area (Å²) in [6.07, 6.45) is 2.68. The highest BCUT2D eigenvalue weighted by Gasteiger charge is 2.39. The van der Waals surface area contributed by atoms with E-state index in [4.69, 9.17) is 9.53 Å². The lowest BCUT2D eigenvalue weighted by molar-refractivity contribution is -0.131. The standard InChI is InChI=1S/C15H21BrO3Si/c1-15(2,3)20(4,5)19-13-8-6-11(10-12(13)16)7-9-14(17)18/h6-10H,1-5H3,(H,17,18). The summed E-state index contributed by atoms with van der Waals surface area (Å²) in [6, 6.07) is 5.60. The molecule has 0 aliphatic carbocycles. The molecule has 20 heavy (non-hydrogen) atoms. The van der Waals surface area contributed by atoms with Crippen molar-refractivity contribution >= 4 is 36.3 Å². The van der Waals surface area contributed by atoms with Gasteiger partial charge >= 0.3 is 5.97 Å². The average molecular weight is 357 g/mol. The minimum atomic E-state index is -1.87. The first kappa shape index (κ1) is 17.0. The third kappa shape index (κ3) is 4.49. The van der Waals surface area contributed by atoms with E-state index in [1.165, 1.54) is 0 Å². The highest BCUT2D eigenvalue weighted by Crippen LogP contribution is 2.39. The number of hydrogen-bond donors (Lipinski definition) is 1. The van der Waals surface area contributed by atoms with Crippen LogP contribution in [0.1, 0.15) is 26.3 Å². The van der Waals surface area contributed by atoms with Crippen LogP contribution in [-0.4, -0.2) is 19.4 Å². The van der Waals surface area contributed by atoms with Crippen molar-refractivity contribution in [2.75, 3.05) is 0 Å². The number of halogens is 1. The van der Waals surface area contributed by atoms with E-state index in [-0.39, 0.29) is 5.04 Å². The zero-order chi connectivity index (χ0) is 15.6. The van der Waals surface area contributed by atoms with E-state index in [1.54, 1.807) is 6.08 Å². The number of aliphatic carboxylic acids is 1. The summed E-state index contributed by atoms with van der Waals surface area (Å²) in [5, 5.41) is 8.76. The summed E-state index contributed by atoms with van der Waals surface area (Å²) in [4.78, 5) is 10.5. The molecular weight excluding hydrogens is 336 g/mol. The number of benzene rings is 1. The van der Waals surface area contributed by atoms with Gasteiger partial charge in [-0.25, -0.2) is 4.79 Å². The molecule has 1 rings (SSSR count). The van der Waals surface area contributed by atoms with Crippen LogP contribution in [0.15, 0.2) is 28.7 Å². The van der Waals surface area contributed by atoms with Crippen LogP contribution in [0.4, 0.5) is 0 Å². The highest BCUT2D eigenvalue weighted by atomic mass is 79.9. The molecule has 1 N–H and O–H groups in total. The van der Waals surface area contributed by atoms with Crippen molar-refractivity contribution in [3.63, 3.8) is 0 Å². The van der Waals surface area contributed by atoms with Gasteiger partial charge in [0.2, 0.25) is 0 Å². The summed E-state index contributed by atoms with van der Waals surface area (Å²) >= 11 is 3.49. The molecule has 0 unspecified atom stereocenters. The summed E-state index contributed by atoms with van der Waals surface area (Å²) in [5.41, 5.74) is 0.821. The van der Waals surface area contributed by atoms with Crippen molar-refractivity contribution in [2.24, 2.45) is 0 Å². The molecule has 110 valence electrons. The van der Waals surface area contributed by atoms with Crippen LogP contribution in [0.25, 0.3) is 6.08 Å². The smallest absolute Gasteiger partial charge is 0.328 e. The molecule has 0 amide bonds. The predicted octanol–water partition coefficient (Wildman–Crippen LogP) is 4.93. The third-order valence-electron chi connectivity index (χ3n) is 3.55. The Balaban J connectivity index is 2.97. The second-order valence-corrected chi connectivity index (χ2v) is 11.8. The molecule has 0 fully saturated rings. The van der Waals surface area contributed by atoms with Crippen LogP contribution in [0.5, 0.6) is 5.75 Å². The molecule has 1 aromatic carbocycles. The first-order valence-corrected chi connectivity index (χ1v) is 10.1. The lowest BCUT2D eigenvalue weighted by Crippen LogP contribution is -2.43. The molecule has 0 radical (unpaired) electrons. The molecular formula is C15H21BrO3Si. The second-order valence-electron chi connectivity index (χ2n) is 6.22. The lowest BCUT2D eigenvalue weighted by Gasteiger charge is -2.36. The molecule has 0 aromatic heterocycles. The van der Waals surface area contributed by atoms with Gasteiger partial charge in [-0.2, -0.15) is 0 Å². The molecule has 0 saturated carbocycles. The van der Waals surface area contributed by atoms with Crippen LogP contribution >= 0.6 is 15.9 Å². The molecule has 0 heterocycles. The Morgan fingerprint density at radius 1 is 1.35 bits per heavy atom. The van der Waals surface area contributed by atoms with Crippen LogP contribution in [0.2, 0.25) is 18.1 Å². The van der Waals surface area contributed by atoms with Crippen LogP contribution < -0.4 is 4.43 Å². The van der Waals surface area contributed by atoms with Gasteiger partial charge in [0.15, 0.2) is 0 Å². The van der Waals surface area contributed by atoms with Crippen LogP contribution in [0, 0.1) is 0 Å². The van der Waals surface area contributed by atoms with Gasteiger partial charge in [-0.15, -0.1) is 0 Å². The number of carboxylic acids is 1. The molecule has 0 saturated heterocycles. The Kier molecular flexibility index (Phi) is 5.21. The monoisotopic (exact) mass is 356 g/mol. The molecule has 0 aliphatic rings. The predicted molar refractivity (Wildman–Crippen MR) is 88.6 cm³/mol. The topological polar surface area (TPSA) is 46.5 Å². The first-order valence-electron chi connectivity index (χ1n) is 6.42. The summed E-state index contributed by atoms with van der Waals surface area (Å²) < 4.78 is 7.07. The number of carboxylic acid groups (broad SMARTS) is 1. The largest absolute Gasteiger partial charge is 0.543 e. The van der Waals surface area contributed by atoms with E-state index >= 15 is 0 Å². The Morgan fingerprint density at radius 3 is 2.40 bits per heavy atom. The van der Waals surface area contributed by atoms with Gasteiger partial charge < -0.3 is 9.53 Å². The summed E-state index contributed by atoms with van der Waals surface area (Å²) in [6.45, 7) is 11.0. The van der Waals surface area contributed by atoms with Crippen molar-refractivity contribution in [3.8, 4) is 5.75 Å². The molecule has 0 bridgehead atoms. The fourth-order valence-corrected chi connectivity index (χ4v) is 2.96. The Bertz CT molecular complexity index is 530. The van der Waals surface area contributed by atoms with E-state index < -0.39 is 14.3 Å². The first-order chi connectivity index (χ1) is 9.03. The minimum Gasteiger partial charge on any atom is -0.543 e. The van der Waals surface area contributed by atoms with Gasteiger partial charge in [-0.05, 0) is 57.8 Å². The van der Waals surface area contributed by atoms with E-state index in [1.807, 2.05) is 18.2 Å². The van der Waals surface area contributed by atoms with Gasteiger partial charge in [-0.1, -0.05) is 26.8 Å². The maximum atomic E-state index is 10.5. The fourth-order valence-electron chi connectivity index (χ4n) is 1.30. The van der Waals surface area contributed by atoms with E-state index in [0.717, 1.165) is 21.9 Å². The van der Waals surface area contributed by atoms with Crippen LogP contribution in [0.3, 0.4) is 0 Å². The van der Waals surface area contributed by atoms with Gasteiger partial charge in [0.25, 0.3) is 8.32 Å². The minimum absolute atomic E-state index is 0.133. The summed E-state index contributed by atoms with van der Waals surface area (Å²) in [5.74, 6) is -0.146. The Morgan fingerprint density at radius 2 is 1.95 bits per heavy atom.